The molecule has 0 aromatic heterocycles. The number of methoxy groups -OCH3 is 1. The Kier molecular flexibility index (Phi) is 6.97. The number of carbonyl (C=O) groups excluding carboxylic acids is 1. The molecule has 0 heterocycles. The van der Waals surface area contributed by atoms with Crippen LogP contribution in [-0.2, 0) is 21.2 Å². The molecule has 0 unspecified atom stereocenters. The Morgan fingerprint density at radius 1 is 1.00 bits per heavy atom. The summed E-state index contributed by atoms with van der Waals surface area (Å²) in [7, 11) is -2.27. The molecule has 0 bridgehead atoms. The SMILES string of the molecule is COc1cccc(CCC(=O)Nc2cccc(S(=O)(=O)Nc3ccccc3Cl)c2)c1. The van der Waals surface area contributed by atoms with Gasteiger partial charge in [0.1, 0.15) is 5.75 Å². The highest BCUT2D eigenvalue weighted by molar-refractivity contribution is 7.92. The molecule has 3 aromatic rings. The molecule has 30 heavy (non-hydrogen) atoms. The van der Waals surface area contributed by atoms with E-state index >= 15 is 0 Å². The molecule has 3 rings (SSSR count). The van der Waals surface area contributed by atoms with Crippen LogP contribution in [0.15, 0.2) is 77.7 Å². The van der Waals surface area contributed by atoms with Crippen LogP contribution in [0, 0.1) is 0 Å². The van der Waals surface area contributed by atoms with Crippen molar-refractivity contribution in [2.24, 2.45) is 0 Å². The molecule has 3 aromatic carbocycles. The molecule has 0 spiro atoms. The van der Waals surface area contributed by atoms with Crippen molar-refractivity contribution in [3.8, 4) is 5.75 Å². The normalized spacial score (nSPS) is 11.0. The molecular formula is C22H21ClN2O4S. The highest BCUT2D eigenvalue weighted by atomic mass is 35.5. The predicted molar refractivity (Wildman–Crippen MR) is 119 cm³/mol. The minimum absolute atomic E-state index is 0.0213. The van der Waals surface area contributed by atoms with E-state index in [9.17, 15) is 13.2 Å². The Labute approximate surface area is 180 Å². The van der Waals surface area contributed by atoms with Crippen molar-refractivity contribution in [3.63, 3.8) is 0 Å². The number of amides is 1. The van der Waals surface area contributed by atoms with E-state index in [1.54, 1.807) is 43.5 Å². The summed E-state index contributed by atoms with van der Waals surface area (Å²) in [6.07, 6.45) is 0.789. The number of halogens is 1. The lowest BCUT2D eigenvalue weighted by Gasteiger charge is -2.11. The van der Waals surface area contributed by atoms with Crippen LogP contribution < -0.4 is 14.8 Å². The van der Waals surface area contributed by atoms with Gasteiger partial charge in [-0.15, -0.1) is 0 Å². The molecular weight excluding hydrogens is 424 g/mol. The van der Waals surface area contributed by atoms with E-state index in [1.165, 1.54) is 12.1 Å². The second-order valence-corrected chi connectivity index (χ2v) is 8.60. The molecule has 0 aliphatic carbocycles. The van der Waals surface area contributed by atoms with Gasteiger partial charge in [0, 0.05) is 12.1 Å². The zero-order chi connectivity index (χ0) is 21.6. The summed E-state index contributed by atoms with van der Waals surface area (Å²) in [5.41, 5.74) is 1.66. The van der Waals surface area contributed by atoms with Crippen molar-refractivity contribution >= 4 is 38.9 Å². The molecule has 0 radical (unpaired) electrons. The van der Waals surface area contributed by atoms with Crippen LogP contribution in [0.3, 0.4) is 0 Å². The van der Waals surface area contributed by atoms with Gasteiger partial charge in [-0.2, -0.15) is 0 Å². The van der Waals surface area contributed by atoms with Crippen molar-refractivity contribution in [1.82, 2.24) is 0 Å². The standard InChI is InChI=1S/C22H21ClN2O4S/c1-29-18-8-4-6-16(14-18)12-13-22(26)24-17-7-5-9-19(15-17)30(27,28)25-21-11-3-2-10-20(21)23/h2-11,14-15,25H,12-13H2,1H3,(H,24,26). The first-order valence-electron chi connectivity index (χ1n) is 9.17. The van der Waals surface area contributed by atoms with E-state index in [-0.39, 0.29) is 22.9 Å². The maximum atomic E-state index is 12.7. The zero-order valence-corrected chi connectivity index (χ0v) is 17.8. The fourth-order valence-corrected chi connectivity index (χ4v) is 4.16. The van der Waals surface area contributed by atoms with Crippen molar-refractivity contribution in [3.05, 3.63) is 83.4 Å². The molecule has 1 amide bonds. The number of aryl methyl sites for hydroxylation is 1. The van der Waals surface area contributed by atoms with Crippen molar-refractivity contribution < 1.29 is 17.9 Å². The average molecular weight is 445 g/mol. The summed E-state index contributed by atoms with van der Waals surface area (Å²) >= 11 is 6.03. The number of benzene rings is 3. The van der Waals surface area contributed by atoms with Gasteiger partial charge in [-0.1, -0.05) is 41.9 Å². The van der Waals surface area contributed by atoms with Gasteiger partial charge in [-0.05, 0) is 54.4 Å². The third-order valence-electron chi connectivity index (χ3n) is 4.32. The number of ether oxygens (including phenoxy) is 1. The van der Waals surface area contributed by atoms with Crippen LogP contribution in [-0.4, -0.2) is 21.4 Å². The summed E-state index contributed by atoms with van der Waals surface area (Å²) in [4.78, 5) is 12.3. The number of sulfonamides is 1. The van der Waals surface area contributed by atoms with E-state index in [4.69, 9.17) is 16.3 Å². The monoisotopic (exact) mass is 444 g/mol. The third kappa shape index (κ3) is 5.75. The van der Waals surface area contributed by atoms with Gasteiger partial charge in [-0.25, -0.2) is 8.42 Å². The molecule has 0 aliphatic rings. The van der Waals surface area contributed by atoms with Crippen molar-refractivity contribution in [2.45, 2.75) is 17.7 Å². The summed E-state index contributed by atoms with van der Waals surface area (Å²) in [5, 5.41) is 3.03. The number of nitrogens with one attached hydrogen (secondary N) is 2. The number of para-hydroxylation sites is 1. The van der Waals surface area contributed by atoms with Gasteiger partial charge >= 0.3 is 0 Å². The van der Waals surface area contributed by atoms with Gasteiger partial charge in [-0.3, -0.25) is 9.52 Å². The van der Waals surface area contributed by atoms with Gasteiger partial charge in [0.05, 0.1) is 22.7 Å². The molecule has 2 N–H and O–H groups in total. The van der Waals surface area contributed by atoms with Gasteiger partial charge in [0.2, 0.25) is 5.91 Å². The molecule has 0 aliphatic heterocycles. The fraction of sp³-hybridized carbons (Fsp3) is 0.136. The molecule has 6 nitrogen and oxygen atoms in total. The quantitative estimate of drug-likeness (QED) is 0.526. The van der Waals surface area contributed by atoms with Gasteiger partial charge in [0.15, 0.2) is 0 Å². The third-order valence-corrected chi connectivity index (χ3v) is 6.01. The molecule has 8 heteroatoms. The first-order valence-corrected chi connectivity index (χ1v) is 11.0. The topological polar surface area (TPSA) is 84.5 Å². The Morgan fingerprint density at radius 2 is 1.77 bits per heavy atom. The van der Waals surface area contributed by atoms with E-state index in [2.05, 4.69) is 10.0 Å². The van der Waals surface area contributed by atoms with Gasteiger partial charge in [0.25, 0.3) is 10.0 Å². The van der Waals surface area contributed by atoms with Crippen molar-refractivity contribution in [1.29, 1.82) is 0 Å². The summed E-state index contributed by atoms with van der Waals surface area (Å²) in [6.45, 7) is 0. The van der Waals surface area contributed by atoms with Crippen LogP contribution >= 0.6 is 11.6 Å². The van der Waals surface area contributed by atoms with Gasteiger partial charge < -0.3 is 10.1 Å². The summed E-state index contributed by atoms with van der Waals surface area (Å²) in [6, 6.07) is 20.1. The number of hydrogen-bond donors (Lipinski definition) is 2. The highest BCUT2D eigenvalue weighted by Crippen LogP contribution is 2.25. The summed E-state index contributed by atoms with van der Waals surface area (Å²) in [5.74, 6) is 0.517. The minimum Gasteiger partial charge on any atom is -0.497 e. The van der Waals surface area contributed by atoms with E-state index < -0.39 is 10.0 Å². The Morgan fingerprint density at radius 3 is 2.53 bits per heavy atom. The van der Waals surface area contributed by atoms with Crippen LogP contribution in [0.2, 0.25) is 5.02 Å². The summed E-state index contributed by atoms with van der Waals surface area (Å²) < 4.78 is 33.0. The number of hydrogen-bond acceptors (Lipinski definition) is 4. The second-order valence-electron chi connectivity index (χ2n) is 6.51. The maximum Gasteiger partial charge on any atom is 0.262 e. The molecule has 0 saturated carbocycles. The number of carbonyl (C=O) groups is 1. The highest BCUT2D eigenvalue weighted by Gasteiger charge is 2.16. The lowest BCUT2D eigenvalue weighted by molar-refractivity contribution is -0.116. The van der Waals surface area contributed by atoms with Crippen LogP contribution in [0.25, 0.3) is 0 Å². The van der Waals surface area contributed by atoms with Crippen LogP contribution in [0.1, 0.15) is 12.0 Å². The molecule has 0 atom stereocenters. The minimum atomic E-state index is -3.86. The largest absolute Gasteiger partial charge is 0.497 e. The average Bonchev–Trinajstić information content (AvgIpc) is 2.74. The van der Waals surface area contributed by atoms with E-state index in [0.717, 1.165) is 11.3 Å². The Bertz CT molecular complexity index is 1150. The van der Waals surface area contributed by atoms with E-state index in [0.29, 0.717) is 17.1 Å². The number of anilines is 2. The fourth-order valence-electron chi connectivity index (χ4n) is 2.80. The molecule has 0 saturated heterocycles. The molecule has 0 fully saturated rings. The van der Waals surface area contributed by atoms with Crippen LogP contribution in [0.4, 0.5) is 11.4 Å². The maximum absolute atomic E-state index is 12.7. The Hall–Kier alpha value is -3.03. The molecule has 156 valence electrons. The lowest BCUT2D eigenvalue weighted by atomic mass is 10.1. The van der Waals surface area contributed by atoms with Crippen molar-refractivity contribution in [2.75, 3.05) is 17.1 Å². The smallest absolute Gasteiger partial charge is 0.262 e. The first kappa shape index (κ1) is 21.7. The van der Waals surface area contributed by atoms with E-state index in [1.807, 2.05) is 24.3 Å². The second kappa shape index (κ2) is 9.65. The predicted octanol–water partition coefficient (Wildman–Crippen LogP) is 4.72. The Balaban J connectivity index is 1.66. The zero-order valence-electron chi connectivity index (χ0n) is 16.3. The first-order chi connectivity index (χ1) is 14.4. The van der Waals surface area contributed by atoms with Crippen LogP contribution in [0.5, 0.6) is 5.75 Å². The lowest BCUT2D eigenvalue weighted by Crippen LogP contribution is -2.15. The number of rotatable bonds is 8.